The van der Waals surface area contributed by atoms with Gasteiger partial charge in [0.1, 0.15) is 13.1 Å². The number of carbonyl (C=O) groups is 4. The Morgan fingerprint density at radius 1 is 0.658 bits per heavy atom. The summed E-state index contributed by atoms with van der Waals surface area (Å²) >= 11 is 0. The van der Waals surface area contributed by atoms with Crippen LogP contribution in [-0.4, -0.2) is 80.6 Å². The first-order valence-corrected chi connectivity index (χ1v) is 23.5. The van der Waals surface area contributed by atoms with Crippen molar-refractivity contribution in [3.63, 3.8) is 0 Å². The Morgan fingerprint density at radius 2 is 1.10 bits per heavy atom. The second-order valence-corrected chi connectivity index (χ2v) is 18.7. The molecule has 0 saturated heterocycles. The van der Waals surface area contributed by atoms with E-state index in [9.17, 15) is 34.2 Å². The highest BCUT2D eigenvalue weighted by molar-refractivity contribution is 6.10. The van der Waals surface area contributed by atoms with Crippen molar-refractivity contribution in [3.05, 3.63) is 145 Å². The number of non-ortho nitro benzene ring substituents is 1. The number of nitro groups is 1. The fourth-order valence-corrected chi connectivity index (χ4v) is 10.4. The molecular weight excluding hydrogens is 941 g/mol. The van der Waals surface area contributed by atoms with Crippen LogP contribution in [0.15, 0.2) is 97.1 Å². The average Bonchev–Trinajstić information content (AvgIpc) is 3.66. The number of nitrogens with one attached hydrogen (secondary N) is 3. The summed E-state index contributed by atoms with van der Waals surface area (Å²) in [5, 5.41) is 19.4. The van der Waals surface area contributed by atoms with Crippen molar-refractivity contribution >= 4 is 70.0 Å². The third-order valence-electron chi connectivity index (χ3n) is 14.0. The average molecular weight is 994 g/mol. The molecule has 4 aliphatic heterocycles. The van der Waals surface area contributed by atoms with Gasteiger partial charge in [-0.1, -0.05) is 36.4 Å². The topological polar surface area (TPSA) is 228 Å². The standard InChI is InChI=1S/C54H52N6O13/c1-9-70-49(63)35-28-40(56-46(62)30-59-42-18-14-12-16-38(42)52(5,6)54(59)22-20-32-24-34(60(66)67)26-44(69-8)48(32)73-54)36(50(64)71-10-2)27-39(35)55-45(61)29-58-41-17-13-11-15-37(41)51(3,4)53(58)21-19-31-23-33(57-65)25-43(68-7)47(31)72-53/h11-28H,9-10,29-30H2,1-8H3,(H,55,61)(H,56,62)/p+1. The summed E-state index contributed by atoms with van der Waals surface area (Å²) in [4.78, 5) is 83.6. The quantitative estimate of drug-likeness (QED) is 0.0555. The summed E-state index contributed by atoms with van der Waals surface area (Å²) < 4.78 is 36.0. The lowest BCUT2D eigenvalue weighted by atomic mass is 9.76. The number of fused-ring (bicyclic) bond motifs is 4. The number of rotatable bonds is 14. The fourth-order valence-electron chi connectivity index (χ4n) is 10.4. The lowest BCUT2D eigenvalue weighted by Gasteiger charge is -2.47. The molecule has 73 heavy (non-hydrogen) atoms. The lowest BCUT2D eigenvalue weighted by molar-refractivity contribution is -0.385. The molecule has 9 rings (SSSR count). The van der Waals surface area contributed by atoms with Gasteiger partial charge in [0, 0.05) is 44.7 Å². The second kappa shape index (κ2) is 18.5. The van der Waals surface area contributed by atoms with Crippen LogP contribution in [0, 0.1) is 15.0 Å². The van der Waals surface area contributed by atoms with E-state index < -0.39 is 51.0 Å². The minimum absolute atomic E-state index is 0.0439. The molecule has 0 aliphatic carbocycles. The minimum atomic E-state index is -1.39. The van der Waals surface area contributed by atoms with Gasteiger partial charge in [-0.25, -0.2) is 9.59 Å². The summed E-state index contributed by atoms with van der Waals surface area (Å²) in [6, 6.07) is 23.4. The van der Waals surface area contributed by atoms with Crippen LogP contribution in [0.1, 0.15) is 84.5 Å². The zero-order valence-electron chi connectivity index (χ0n) is 41.4. The fraction of sp³-hybridized carbons (Fsp3) is 0.296. The molecule has 19 nitrogen and oxygen atoms in total. The first kappa shape index (κ1) is 49.2. The first-order chi connectivity index (χ1) is 34.9. The molecule has 2 unspecified atom stereocenters. The van der Waals surface area contributed by atoms with Crippen LogP contribution in [0.2, 0.25) is 0 Å². The Labute approximate surface area is 419 Å². The summed E-state index contributed by atoms with van der Waals surface area (Å²) in [5.74, 6) is -1.96. The van der Waals surface area contributed by atoms with E-state index in [4.69, 9.17) is 28.4 Å². The SMILES string of the molecule is CCOC(=O)c1cc(NC(=O)CN2c3ccccc3C(C)(C)C23C=Cc2cc([N+](=O)[O-])cc(OC)c2O3)c(C(=O)OCC)cc1NC(=O)CN1c2ccccc2C(C)(C)C12C=Cc1cc([NH+]=O)cc(OC)c1O2. The normalized spacial score (nSPS) is 18.8. The Morgan fingerprint density at radius 3 is 1.52 bits per heavy atom. The Kier molecular flexibility index (Phi) is 12.5. The molecule has 0 saturated carbocycles. The second-order valence-electron chi connectivity index (χ2n) is 18.7. The van der Waals surface area contributed by atoms with Gasteiger partial charge in [0.25, 0.3) is 11.4 Å². The van der Waals surface area contributed by atoms with Gasteiger partial charge in [0.15, 0.2) is 23.0 Å². The van der Waals surface area contributed by atoms with Crippen LogP contribution in [0.5, 0.6) is 23.0 Å². The van der Waals surface area contributed by atoms with Crippen molar-refractivity contribution in [1.29, 1.82) is 0 Å². The maximum atomic E-state index is 14.6. The molecular formula is C54H53N6O13+. The zero-order valence-corrected chi connectivity index (χ0v) is 41.4. The summed E-state index contributed by atoms with van der Waals surface area (Å²) in [6.45, 7) is 10.3. The highest BCUT2D eigenvalue weighted by Crippen LogP contribution is 2.58. The molecule has 5 aromatic carbocycles. The van der Waals surface area contributed by atoms with E-state index in [0.29, 0.717) is 34.0 Å². The number of nitrogens with zero attached hydrogens (tertiary/aromatic N) is 3. The number of benzene rings is 5. The van der Waals surface area contributed by atoms with Crippen LogP contribution in [0.4, 0.5) is 34.1 Å². The van der Waals surface area contributed by atoms with Crippen LogP contribution >= 0.6 is 0 Å². The number of hydrogen-bond donors (Lipinski definition) is 3. The molecule has 4 aliphatic rings. The predicted octanol–water partition coefficient (Wildman–Crippen LogP) is 7.52. The molecule has 2 atom stereocenters. The molecule has 376 valence electrons. The number of carbonyl (C=O) groups excluding carboxylic acids is 4. The van der Waals surface area contributed by atoms with Gasteiger partial charge >= 0.3 is 11.9 Å². The van der Waals surface area contributed by atoms with Gasteiger partial charge in [-0.05, 0) is 101 Å². The number of amides is 2. The van der Waals surface area contributed by atoms with Gasteiger partial charge in [0.2, 0.25) is 23.3 Å². The lowest BCUT2D eigenvalue weighted by Crippen LogP contribution is -2.61. The molecule has 2 spiro atoms. The van der Waals surface area contributed by atoms with Crippen molar-refractivity contribution in [2.75, 3.05) is 61.0 Å². The van der Waals surface area contributed by atoms with E-state index in [0.717, 1.165) is 11.1 Å². The van der Waals surface area contributed by atoms with Gasteiger partial charge in [-0.2, -0.15) is 0 Å². The number of para-hydroxylation sites is 2. The first-order valence-electron chi connectivity index (χ1n) is 23.5. The maximum absolute atomic E-state index is 14.6. The van der Waals surface area contributed by atoms with E-state index in [1.165, 1.54) is 44.6 Å². The van der Waals surface area contributed by atoms with E-state index in [2.05, 4.69) is 10.6 Å². The van der Waals surface area contributed by atoms with Crippen molar-refractivity contribution in [3.8, 4) is 23.0 Å². The molecule has 0 fully saturated rings. The third kappa shape index (κ3) is 7.91. The maximum Gasteiger partial charge on any atom is 0.340 e. The number of ether oxygens (including phenoxy) is 6. The van der Waals surface area contributed by atoms with Gasteiger partial charge in [0.05, 0.1) is 77.8 Å². The Balaban J connectivity index is 1.06. The zero-order chi connectivity index (χ0) is 52.2. The molecule has 19 heteroatoms. The van der Waals surface area contributed by atoms with E-state index >= 15 is 0 Å². The Bertz CT molecular complexity index is 3220. The van der Waals surface area contributed by atoms with E-state index in [1.807, 2.05) is 93.6 Å². The highest BCUT2D eigenvalue weighted by Gasteiger charge is 2.61. The molecule has 2 amide bonds. The number of nitroso groups, excluding NO2 is 1. The Hall–Kier alpha value is -8.74. The van der Waals surface area contributed by atoms with Gasteiger partial charge in [-0.15, -0.1) is 0 Å². The number of esters is 2. The van der Waals surface area contributed by atoms with Crippen molar-refractivity contribution < 1.29 is 57.7 Å². The number of hydrogen-bond acceptors (Lipinski definition) is 15. The summed E-state index contributed by atoms with van der Waals surface area (Å²) in [5.41, 5.74) is -0.818. The number of nitro benzene ring substituents is 1. The molecule has 3 N–H and O–H groups in total. The van der Waals surface area contributed by atoms with Crippen LogP contribution in [0.25, 0.3) is 12.2 Å². The summed E-state index contributed by atoms with van der Waals surface area (Å²) in [7, 11) is 2.84. The molecule has 0 aromatic heterocycles. The van der Waals surface area contributed by atoms with Gasteiger partial charge in [-0.3, -0.25) is 19.7 Å². The number of anilines is 4. The third-order valence-corrected chi connectivity index (χ3v) is 14.0. The van der Waals surface area contributed by atoms with Crippen LogP contribution in [0.3, 0.4) is 0 Å². The molecule has 0 bridgehead atoms. The molecule has 0 radical (unpaired) electrons. The predicted molar refractivity (Wildman–Crippen MR) is 271 cm³/mol. The van der Waals surface area contributed by atoms with Crippen molar-refractivity contribution in [1.82, 2.24) is 0 Å². The van der Waals surface area contributed by atoms with Crippen molar-refractivity contribution in [2.45, 2.75) is 63.8 Å². The highest BCUT2D eigenvalue weighted by atomic mass is 16.6. The molecule has 5 aromatic rings. The molecule has 4 heterocycles. The van der Waals surface area contributed by atoms with Crippen molar-refractivity contribution in [2.24, 2.45) is 0 Å². The largest absolute Gasteiger partial charge is 0.493 e. The smallest absolute Gasteiger partial charge is 0.340 e. The van der Waals surface area contributed by atoms with Gasteiger partial charge < -0.3 is 48.9 Å². The van der Waals surface area contributed by atoms with Crippen LogP contribution in [-0.2, 0) is 29.9 Å². The van der Waals surface area contributed by atoms with E-state index in [1.54, 1.807) is 41.9 Å². The minimum Gasteiger partial charge on any atom is -0.493 e. The summed E-state index contributed by atoms with van der Waals surface area (Å²) in [6.07, 6.45) is 7.10. The number of methoxy groups -OCH3 is 2. The van der Waals surface area contributed by atoms with E-state index in [-0.39, 0.29) is 71.7 Å². The van der Waals surface area contributed by atoms with Crippen LogP contribution < -0.4 is 44.6 Å². The monoisotopic (exact) mass is 993 g/mol.